The van der Waals surface area contributed by atoms with E-state index in [1.165, 1.54) is 12.8 Å². The molecule has 2 aromatic rings. The summed E-state index contributed by atoms with van der Waals surface area (Å²) in [5, 5.41) is 8.30. The Labute approximate surface area is 154 Å². The summed E-state index contributed by atoms with van der Waals surface area (Å²) in [5.74, 6) is 1.20. The number of nitrogens with one attached hydrogen (secondary N) is 1. The molecule has 0 spiro atoms. The molecule has 1 aliphatic heterocycles. The van der Waals surface area contributed by atoms with Gasteiger partial charge in [-0.1, -0.05) is 13.3 Å². The number of hydrogen-bond donors (Lipinski definition) is 3. The first-order chi connectivity index (χ1) is 12.5. The van der Waals surface area contributed by atoms with Crippen LogP contribution in [0.25, 0.3) is 10.9 Å². The maximum absolute atomic E-state index is 6.29. The van der Waals surface area contributed by atoms with Crippen molar-refractivity contribution >= 4 is 16.7 Å². The van der Waals surface area contributed by atoms with Crippen molar-refractivity contribution in [3.63, 3.8) is 0 Å². The second kappa shape index (κ2) is 7.78. The fourth-order valence-corrected chi connectivity index (χ4v) is 3.50. The van der Waals surface area contributed by atoms with Crippen LogP contribution in [0.1, 0.15) is 31.0 Å². The molecule has 1 saturated heterocycles. The third kappa shape index (κ3) is 3.67. The molecule has 5 N–H and O–H groups in total. The Kier molecular flexibility index (Phi) is 5.46. The molecule has 3 rings (SSSR count). The van der Waals surface area contributed by atoms with Crippen LogP contribution in [0.3, 0.4) is 0 Å². The van der Waals surface area contributed by atoms with Crippen molar-refractivity contribution in [2.75, 3.05) is 26.7 Å². The van der Waals surface area contributed by atoms with E-state index in [1.54, 1.807) is 6.20 Å². The van der Waals surface area contributed by atoms with Crippen molar-refractivity contribution in [2.24, 2.45) is 16.5 Å². The highest BCUT2D eigenvalue weighted by atomic mass is 15.3. The highest BCUT2D eigenvalue weighted by Crippen LogP contribution is 2.19. The zero-order valence-electron chi connectivity index (χ0n) is 15.9. The smallest absolute Gasteiger partial charge is 0.146 e. The van der Waals surface area contributed by atoms with E-state index in [9.17, 15) is 0 Å². The summed E-state index contributed by atoms with van der Waals surface area (Å²) in [7, 11) is 2.18. The minimum absolute atomic E-state index is 0.468. The lowest BCUT2D eigenvalue weighted by Crippen LogP contribution is -2.50. The number of fused-ring (bicyclic) bond motifs is 1. The highest BCUT2D eigenvalue weighted by molar-refractivity contribution is 6.01. The molecular formula is C19H29N7. The second-order valence-corrected chi connectivity index (χ2v) is 6.97. The number of H-pyrrole nitrogens is 1. The summed E-state index contributed by atoms with van der Waals surface area (Å²) in [4.78, 5) is 9.28. The summed E-state index contributed by atoms with van der Waals surface area (Å²) >= 11 is 0. The molecule has 0 radical (unpaired) electrons. The summed E-state index contributed by atoms with van der Waals surface area (Å²) in [6.45, 7) is 7.03. The van der Waals surface area contributed by atoms with Crippen LogP contribution in [0.5, 0.6) is 0 Å². The molecule has 7 nitrogen and oxygen atoms in total. The van der Waals surface area contributed by atoms with Crippen molar-refractivity contribution in [1.29, 1.82) is 0 Å². The summed E-state index contributed by atoms with van der Waals surface area (Å²) < 4.78 is 0. The van der Waals surface area contributed by atoms with E-state index in [2.05, 4.69) is 39.0 Å². The van der Waals surface area contributed by atoms with Crippen LogP contribution in [-0.2, 0) is 0 Å². The van der Waals surface area contributed by atoms with E-state index in [0.717, 1.165) is 47.6 Å². The molecule has 1 aromatic carbocycles. The van der Waals surface area contributed by atoms with Crippen LogP contribution in [-0.4, -0.2) is 58.6 Å². The normalized spacial score (nSPS) is 20.1. The van der Waals surface area contributed by atoms with Crippen LogP contribution in [0.15, 0.2) is 35.2 Å². The van der Waals surface area contributed by atoms with Crippen LogP contribution >= 0.6 is 0 Å². The van der Waals surface area contributed by atoms with Gasteiger partial charge in [-0.2, -0.15) is 5.10 Å². The number of hydrogen-bond acceptors (Lipinski definition) is 5. The molecule has 26 heavy (non-hydrogen) atoms. The lowest BCUT2D eigenvalue weighted by Gasteiger charge is -2.40. The molecule has 140 valence electrons. The van der Waals surface area contributed by atoms with Gasteiger partial charge in [0.1, 0.15) is 11.7 Å². The van der Waals surface area contributed by atoms with Gasteiger partial charge in [0.2, 0.25) is 0 Å². The van der Waals surface area contributed by atoms with Crippen molar-refractivity contribution in [2.45, 2.75) is 32.7 Å². The van der Waals surface area contributed by atoms with Crippen molar-refractivity contribution in [3.8, 4) is 0 Å². The molecule has 0 aliphatic carbocycles. The van der Waals surface area contributed by atoms with Gasteiger partial charge >= 0.3 is 0 Å². The zero-order chi connectivity index (χ0) is 18.7. The Morgan fingerprint density at radius 3 is 2.96 bits per heavy atom. The monoisotopic (exact) mass is 355 g/mol. The maximum atomic E-state index is 6.29. The van der Waals surface area contributed by atoms with Gasteiger partial charge in [0.05, 0.1) is 5.52 Å². The number of benzene rings is 1. The molecule has 0 amide bonds. The van der Waals surface area contributed by atoms with Gasteiger partial charge < -0.3 is 16.4 Å². The average Bonchev–Trinajstić information content (AvgIpc) is 3.02. The highest BCUT2D eigenvalue weighted by Gasteiger charge is 2.25. The first-order valence-corrected chi connectivity index (χ1v) is 9.19. The number of rotatable bonds is 5. The summed E-state index contributed by atoms with van der Waals surface area (Å²) in [5.41, 5.74) is 15.0. The van der Waals surface area contributed by atoms with E-state index in [1.807, 2.05) is 25.1 Å². The van der Waals surface area contributed by atoms with Gasteiger partial charge in [-0.3, -0.25) is 10.00 Å². The number of amidine groups is 1. The van der Waals surface area contributed by atoms with Crippen molar-refractivity contribution in [3.05, 3.63) is 41.5 Å². The van der Waals surface area contributed by atoms with E-state index >= 15 is 0 Å². The third-order valence-electron chi connectivity index (χ3n) is 5.15. The van der Waals surface area contributed by atoms with Gasteiger partial charge in [0.15, 0.2) is 0 Å². The molecule has 1 aliphatic rings. The Morgan fingerprint density at radius 2 is 2.23 bits per heavy atom. The minimum atomic E-state index is 0.468. The summed E-state index contributed by atoms with van der Waals surface area (Å²) in [6, 6.07) is 6.44. The Balaban J connectivity index is 1.82. The van der Waals surface area contributed by atoms with E-state index in [4.69, 9.17) is 11.5 Å². The number of aromatic amines is 1. The summed E-state index contributed by atoms with van der Waals surface area (Å²) in [6.07, 6.45) is 3.89. The van der Waals surface area contributed by atoms with Gasteiger partial charge in [-0.25, -0.2) is 4.99 Å². The van der Waals surface area contributed by atoms with Gasteiger partial charge in [-0.15, -0.1) is 0 Å². The standard InChI is InChI=1S/C19H29N7/c1-4-5-15-12-26(9-8-25(15)3)18(11-20)22-19(21)14-6-7-17-16(10-14)13(2)23-24-17/h6-7,10-11,15H,4-5,8-9,12,20H2,1-3H3,(H2,21,22)(H,23,24)/b18-11+. The van der Waals surface area contributed by atoms with Gasteiger partial charge in [-0.05, 0) is 38.6 Å². The van der Waals surface area contributed by atoms with E-state index in [-0.39, 0.29) is 0 Å². The first-order valence-electron chi connectivity index (χ1n) is 9.19. The fraction of sp³-hybridized carbons (Fsp3) is 0.474. The zero-order valence-corrected chi connectivity index (χ0v) is 15.9. The largest absolute Gasteiger partial charge is 0.402 e. The minimum Gasteiger partial charge on any atom is -0.402 e. The lowest BCUT2D eigenvalue weighted by atomic mass is 10.1. The molecular weight excluding hydrogens is 326 g/mol. The fourth-order valence-electron chi connectivity index (χ4n) is 3.50. The maximum Gasteiger partial charge on any atom is 0.146 e. The van der Waals surface area contributed by atoms with Crippen LogP contribution in [0.2, 0.25) is 0 Å². The van der Waals surface area contributed by atoms with Gasteiger partial charge in [0, 0.05) is 48.5 Å². The number of aliphatic imine (C=N–C) groups is 1. The van der Waals surface area contributed by atoms with E-state index < -0.39 is 0 Å². The predicted octanol–water partition coefficient (Wildman–Crippen LogP) is 1.75. The molecule has 2 heterocycles. The SMILES string of the molecule is CCCC1CN(C(=C/N)/N=C(\N)c2ccc3n[nH]c(C)c3c2)CCN1C. The number of nitrogens with two attached hydrogens (primary N) is 2. The number of nitrogens with zero attached hydrogens (tertiary/aromatic N) is 4. The molecule has 1 atom stereocenters. The van der Waals surface area contributed by atoms with Gasteiger partial charge in [0.25, 0.3) is 0 Å². The molecule has 7 heteroatoms. The molecule has 1 aromatic heterocycles. The number of likely N-dealkylation sites (N-methyl/N-ethyl adjacent to an activating group) is 1. The second-order valence-electron chi connectivity index (χ2n) is 6.97. The molecule has 1 fully saturated rings. The Bertz CT molecular complexity index is 820. The Hall–Kier alpha value is -2.54. The third-order valence-corrected chi connectivity index (χ3v) is 5.15. The number of aryl methyl sites for hydroxylation is 1. The first kappa shape index (κ1) is 18.3. The molecule has 1 unspecified atom stereocenters. The Morgan fingerprint density at radius 1 is 1.42 bits per heavy atom. The molecule has 0 bridgehead atoms. The van der Waals surface area contributed by atoms with E-state index in [0.29, 0.717) is 11.9 Å². The predicted molar refractivity (Wildman–Crippen MR) is 107 cm³/mol. The van der Waals surface area contributed by atoms with Crippen LogP contribution in [0, 0.1) is 6.92 Å². The van der Waals surface area contributed by atoms with Crippen molar-refractivity contribution in [1.82, 2.24) is 20.0 Å². The average molecular weight is 355 g/mol. The lowest BCUT2D eigenvalue weighted by molar-refractivity contribution is 0.112. The van der Waals surface area contributed by atoms with Crippen molar-refractivity contribution < 1.29 is 0 Å². The topological polar surface area (TPSA) is 99.6 Å². The van der Waals surface area contributed by atoms with Crippen LogP contribution in [0.4, 0.5) is 0 Å². The quantitative estimate of drug-likeness (QED) is 0.560. The molecule has 0 saturated carbocycles. The number of aromatic nitrogens is 2. The number of piperazine rings is 1. The van der Waals surface area contributed by atoms with Crippen LogP contribution < -0.4 is 11.5 Å².